The first-order chi connectivity index (χ1) is 12.5. The molecule has 0 saturated carbocycles. The van der Waals surface area contributed by atoms with Gasteiger partial charge in [-0.15, -0.1) is 23.1 Å². The van der Waals surface area contributed by atoms with Gasteiger partial charge in [0.05, 0.1) is 10.6 Å². The highest BCUT2D eigenvalue weighted by atomic mass is 32.2. The predicted molar refractivity (Wildman–Crippen MR) is 109 cm³/mol. The lowest BCUT2D eigenvalue weighted by molar-refractivity contribution is -0.128. The molecular formula is C20H24N2O2S2. The van der Waals surface area contributed by atoms with Crippen LogP contribution < -0.4 is 0 Å². The second kappa shape index (κ2) is 8.27. The lowest BCUT2D eigenvalue weighted by Crippen LogP contribution is -2.43. The Balaban J connectivity index is 1.74. The molecule has 1 aromatic carbocycles. The predicted octanol–water partition coefficient (Wildman–Crippen LogP) is 4.18. The van der Waals surface area contributed by atoms with Gasteiger partial charge < -0.3 is 9.80 Å². The number of hydrogen-bond acceptors (Lipinski definition) is 4. The zero-order valence-electron chi connectivity index (χ0n) is 15.3. The first-order valence-corrected chi connectivity index (χ1v) is 10.7. The quantitative estimate of drug-likeness (QED) is 0.745. The highest BCUT2D eigenvalue weighted by Gasteiger charge is 2.34. The molecule has 1 atom stereocenters. The largest absolute Gasteiger partial charge is 0.334 e. The Bertz CT molecular complexity index is 774. The van der Waals surface area contributed by atoms with Crippen LogP contribution >= 0.6 is 23.1 Å². The highest BCUT2D eigenvalue weighted by Crippen LogP contribution is 2.39. The van der Waals surface area contributed by atoms with Gasteiger partial charge in [0.1, 0.15) is 5.37 Å². The molecule has 138 valence electrons. The molecule has 3 rings (SSSR count). The molecular weight excluding hydrogens is 364 g/mol. The molecule has 2 amide bonds. The van der Waals surface area contributed by atoms with Crippen molar-refractivity contribution >= 4 is 34.9 Å². The SMILES string of the molecule is Cc1ccccc1C1SCC(=O)N1CCN(C(=O)c1cccs1)C(C)C. The van der Waals surface area contributed by atoms with E-state index in [4.69, 9.17) is 0 Å². The van der Waals surface area contributed by atoms with Gasteiger partial charge in [-0.05, 0) is 43.3 Å². The van der Waals surface area contributed by atoms with Crippen LogP contribution in [0.2, 0.25) is 0 Å². The topological polar surface area (TPSA) is 40.6 Å². The van der Waals surface area contributed by atoms with Crippen LogP contribution in [0.1, 0.15) is 40.0 Å². The molecule has 0 radical (unpaired) electrons. The number of rotatable bonds is 6. The molecule has 4 nitrogen and oxygen atoms in total. The molecule has 26 heavy (non-hydrogen) atoms. The lowest BCUT2D eigenvalue weighted by Gasteiger charge is -2.31. The Hall–Kier alpha value is -1.79. The van der Waals surface area contributed by atoms with Crippen LogP contribution in [0.15, 0.2) is 41.8 Å². The summed E-state index contributed by atoms with van der Waals surface area (Å²) in [5.74, 6) is 0.691. The van der Waals surface area contributed by atoms with E-state index in [9.17, 15) is 9.59 Å². The Morgan fingerprint density at radius 3 is 2.69 bits per heavy atom. The molecule has 0 aliphatic carbocycles. The summed E-state index contributed by atoms with van der Waals surface area (Å²) < 4.78 is 0. The zero-order chi connectivity index (χ0) is 18.7. The summed E-state index contributed by atoms with van der Waals surface area (Å²) in [4.78, 5) is 29.7. The minimum absolute atomic E-state index is 0.0366. The van der Waals surface area contributed by atoms with Crippen molar-refractivity contribution in [3.8, 4) is 0 Å². The van der Waals surface area contributed by atoms with Crippen LogP contribution in [0.5, 0.6) is 0 Å². The van der Waals surface area contributed by atoms with Crippen LogP contribution in [-0.2, 0) is 4.79 Å². The molecule has 1 fully saturated rings. The molecule has 6 heteroatoms. The van der Waals surface area contributed by atoms with E-state index in [1.807, 2.05) is 53.3 Å². The standard InChI is InChI=1S/C20H24N2O2S2/c1-14(2)21(19(24)17-9-6-12-25-17)10-11-22-18(23)13-26-20(22)16-8-5-4-7-15(16)3/h4-9,12,14,20H,10-11,13H2,1-3H3. The van der Waals surface area contributed by atoms with E-state index in [1.165, 1.54) is 22.5 Å². The number of carbonyl (C=O) groups is 2. The number of hydrogen-bond donors (Lipinski definition) is 0. The average molecular weight is 389 g/mol. The van der Waals surface area contributed by atoms with Gasteiger partial charge in [-0.1, -0.05) is 30.3 Å². The summed E-state index contributed by atoms with van der Waals surface area (Å²) in [5, 5.41) is 1.95. The zero-order valence-corrected chi connectivity index (χ0v) is 17.0. The maximum atomic E-state index is 12.8. The van der Waals surface area contributed by atoms with Gasteiger partial charge >= 0.3 is 0 Å². The Morgan fingerprint density at radius 2 is 2.04 bits per heavy atom. The normalized spacial score (nSPS) is 17.2. The summed E-state index contributed by atoms with van der Waals surface area (Å²) in [6.45, 7) is 7.22. The summed E-state index contributed by atoms with van der Waals surface area (Å²) in [6, 6.07) is 12.1. The minimum Gasteiger partial charge on any atom is -0.334 e. The molecule has 0 N–H and O–H groups in total. The number of aryl methyl sites for hydroxylation is 1. The maximum Gasteiger partial charge on any atom is 0.264 e. The Labute approximate surface area is 163 Å². The second-order valence-corrected chi connectivity index (χ2v) is 8.69. The molecule has 1 aromatic heterocycles. The molecule has 2 heterocycles. The number of thiophene rings is 1. The molecule has 0 bridgehead atoms. The van der Waals surface area contributed by atoms with E-state index in [1.54, 1.807) is 11.8 Å². The van der Waals surface area contributed by atoms with Gasteiger partial charge in [0.15, 0.2) is 0 Å². The van der Waals surface area contributed by atoms with E-state index in [2.05, 4.69) is 19.1 Å². The van der Waals surface area contributed by atoms with Gasteiger partial charge in [-0.3, -0.25) is 9.59 Å². The third-order valence-corrected chi connectivity index (χ3v) is 6.72. The average Bonchev–Trinajstić information content (AvgIpc) is 3.26. The van der Waals surface area contributed by atoms with Crippen molar-refractivity contribution in [3.63, 3.8) is 0 Å². The van der Waals surface area contributed by atoms with Crippen molar-refractivity contribution in [1.29, 1.82) is 0 Å². The van der Waals surface area contributed by atoms with Crippen LogP contribution in [0.3, 0.4) is 0 Å². The van der Waals surface area contributed by atoms with Crippen LogP contribution in [0, 0.1) is 6.92 Å². The van der Waals surface area contributed by atoms with Gasteiger partial charge in [0.2, 0.25) is 5.91 Å². The maximum absolute atomic E-state index is 12.8. The number of benzene rings is 1. The third-order valence-electron chi connectivity index (χ3n) is 4.62. The number of amides is 2. The first kappa shape index (κ1) is 19.0. The number of thioether (sulfide) groups is 1. The van der Waals surface area contributed by atoms with E-state index in [-0.39, 0.29) is 23.2 Å². The summed E-state index contributed by atoms with van der Waals surface area (Å²) in [7, 11) is 0. The molecule has 1 unspecified atom stereocenters. The van der Waals surface area contributed by atoms with Crippen LogP contribution in [0.4, 0.5) is 0 Å². The molecule has 2 aromatic rings. The fourth-order valence-electron chi connectivity index (χ4n) is 3.17. The summed E-state index contributed by atoms with van der Waals surface area (Å²) in [5.41, 5.74) is 2.38. The first-order valence-electron chi connectivity index (χ1n) is 8.80. The smallest absolute Gasteiger partial charge is 0.264 e. The van der Waals surface area contributed by atoms with Crippen molar-refractivity contribution < 1.29 is 9.59 Å². The van der Waals surface area contributed by atoms with Crippen molar-refractivity contribution in [2.45, 2.75) is 32.2 Å². The van der Waals surface area contributed by atoms with Crippen LogP contribution in [-0.4, -0.2) is 46.5 Å². The van der Waals surface area contributed by atoms with Gasteiger partial charge in [0.25, 0.3) is 5.91 Å². The molecule has 1 saturated heterocycles. The molecule has 0 spiro atoms. The van der Waals surface area contributed by atoms with Crippen molar-refractivity contribution in [2.24, 2.45) is 0 Å². The summed E-state index contributed by atoms with van der Waals surface area (Å²) >= 11 is 3.13. The van der Waals surface area contributed by atoms with Crippen LogP contribution in [0.25, 0.3) is 0 Å². The van der Waals surface area contributed by atoms with Gasteiger partial charge in [-0.2, -0.15) is 0 Å². The highest BCUT2D eigenvalue weighted by molar-refractivity contribution is 8.00. The monoisotopic (exact) mass is 388 g/mol. The van der Waals surface area contributed by atoms with Gasteiger partial charge in [0, 0.05) is 19.1 Å². The Morgan fingerprint density at radius 1 is 1.27 bits per heavy atom. The van der Waals surface area contributed by atoms with E-state index in [0.29, 0.717) is 18.8 Å². The fourth-order valence-corrected chi connectivity index (χ4v) is 5.16. The lowest BCUT2D eigenvalue weighted by atomic mass is 10.1. The number of nitrogens with zero attached hydrogens (tertiary/aromatic N) is 2. The van der Waals surface area contributed by atoms with Crippen molar-refractivity contribution in [2.75, 3.05) is 18.8 Å². The van der Waals surface area contributed by atoms with Crippen molar-refractivity contribution in [3.05, 3.63) is 57.8 Å². The van der Waals surface area contributed by atoms with E-state index < -0.39 is 0 Å². The van der Waals surface area contributed by atoms with Crippen molar-refractivity contribution in [1.82, 2.24) is 9.80 Å². The summed E-state index contributed by atoms with van der Waals surface area (Å²) in [6.07, 6.45) is 0. The number of carbonyl (C=O) groups excluding carboxylic acids is 2. The minimum atomic E-state index is 0.0366. The molecule has 1 aliphatic heterocycles. The third kappa shape index (κ3) is 3.96. The van der Waals surface area contributed by atoms with Gasteiger partial charge in [-0.25, -0.2) is 0 Å². The van der Waals surface area contributed by atoms with E-state index >= 15 is 0 Å². The fraction of sp³-hybridized carbons (Fsp3) is 0.400. The second-order valence-electron chi connectivity index (χ2n) is 6.68. The van der Waals surface area contributed by atoms with E-state index in [0.717, 1.165) is 4.88 Å². The Kier molecular flexibility index (Phi) is 6.04. The molecule has 1 aliphatic rings.